The Labute approximate surface area is 176 Å². The second-order valence-corrected chi connectivity index (χ2v) is 7.28. The van der Waals surface area contributed by atoms with Gasteiger partial charge in [0.05, 0.1) is 13.1 Å². The smallest absolute Gasteiger partial charge is 0.329 e. The molecule has 1 aromatic heterocycles. The minimum atomic E-state index is -0.0647. The maximum atomic E-state index is 13.4. The molecule has 0 aliphatic rings. The molecule has 0 spiro atoms. The quantitative estimate of drug-likeness (QED) is 0.340. The zero-order chi connectivity index (χ0) is 21.8. The number of nitrogens with zero attached hydrogens (tertiary/aromatic N) is 2. The van der Waals surface area contributed by atoms with E-state index >= 15 is 0 Å². The lowest BCUT2D eigenvalue weighted by Gasteiger charge is -2.09. The lowest BCUT2D eigenvalue weighted by molar-refractivity contribution is 0.664. The summed E-state index contributed by atoms with van der Waals surface area (Å²) in [6.07, 6.45) is 1.48. The monoisotopic (exact) mass is 404 g/mol. The SMILES string of the molecule is CCc1c(CC)n(Cc2cccc(C(=N)N)c2)c(=O)n1Cc1cccc(C(=N)N)c1. The van der Waals surface area contributed by atoms with Crippen LogP contribution in [0.3, 0.4) is 0 Å². The third-order valence-corrected chi connectivity index (χ3v) is 5.27. The molecular formula is C23H28N6O. The fourth-order valence-electron chi connectivity index (χ4n) is 3.84. The first-order chi connectivity index (χ1) is 14.3. The molecule has 7 heteroatoms. The summed E-state index contributed by atoms with van der Waals surface area (Å²) in [5.41, 5.74) is 16.3. The van der Waals surface area contributed by atoms with Crippen molar-refractivity contribution in [1.29, 1.82) is 10.8 Å². The number of aromatic nitrogens is 2. The van der Waals surface area contributed by atoms with Crippen LogP contribution in [0.1, 0.15) is 47.5 Å². The second-order valence-electron chi connectivity index (χ2n) is 7.28. The van der Waals surface area contributed by atoms with Crippen molar-refractivity contribution in [1.82, 2.24) is 9.13 Å². The summed E-state index contributed by atoms with van der Waals surface area (Å²) in [7, 11) is 0. The molecule has 3 rings (SSSR count). The first-order valence-corrected chi connectivity index (χ1v) is 10.0. The molecule has 0 aliphatic carbocycles. The topological polar surface area (TPSA) is 127 Å². The van der Waals surface area contributed by atoms with Gasteiger partial charge in [-0.15, -0.1) is 0 Å². The van der Waals surface area contributed by atoms with Gasteiger partial charge in [0.2, 0.25) is 0 Å². The van der Waals surface area contributed by atoms with E-state index < -0.39 is 0 Å². The Morgan fingerprint density at radius 3 is 1.53 bits per heavy atom. The van der Waals surface area contributed by atoms with Gasteiger partial charge in [-0.1, -0.05) is 50.2 Å². The molecule has 0 saturated heterocycles. The van der Waals surface area contributed by atoms with Crippen LogP contribution in [-0.2, 0) is 25.9 Å². The largest absolute Gasteiger partial charge is 0.384 e. The molecule has 0 aliphatic heterocycles. The van der Waals surface area contributed by atoms with E-state index in [-0.39, 0.29) is 17.4 Å². The number of imidazole rings is 1. The molecule has 0 atom stereocenters. The van der Waals surface area contributed by atoms with Crippen molar-refractivity contribution in [2.24, 2.45) is 11.5 Å². The van der Waals surface area contributed by atoms with Gasteiger partial charge >= 0.3 is 5.69 Å². The number of nitrogens with one attached hydrogen (secondary N) is 2. The summed E-state index contributed by atoms with van der Waals surface area (Å²) in [4.78, 5) is 13.4. The van der Waals surface area contributed by atoms with Crippen LogP contribution >= 0.6 is 0 Å². The van der Waals surface area contributed by atoms with Crippen LogP contribution in [0, 0.1) is 10.8 Å². The van der Waals surface area contributed by atoms with Crippen molar-refractivity contribution < 1.29 is 0 Å². The third kappa shape index (κ3) is 4.20. The van der Waals surface area contributed by atoms with Crippen LogP contribution in [-0.4, -0.2) is 20.8 Å². The number of hydrogen-bond acceptors (Lipinski definition) is 3. The van der Waals surface area contributed by atoms with E-state index in [1.807, 2.05) is 45.5 Å². The molecule has 156 valence electrons. The average molecular weight is 405 g/mol. The van der Waals surface area contributed by atoms with E-state index in [9.17, 15) is 4.79 Å². The maximum Gasteiger partial charge on any atom is 0.329 e. The fraction of sp³-hybridized carbons (Fsp3) is 0.261. The van der Waals surface area contributed by atoms with Crippen LogP contribution in [0.15, 0.2) is 53.3 Å². The summed E-state index contributed by atoms with van der Waals surface area (Å²) < 4.78 is 3.62. The Kier molecular flexibility index (Phi) is 6.20. The Balaban J connectivity index is 2.04. The van der Waals surface area contributed by atoms with E-state index in [0.29, 0.717) is 24.2 Å². The highest BCUT2D eigenvalue weighted by molar-refractivity contribution is 5.95. The predicted molar refractivity (Wildman–Crippen MR) is 121 cm³/mol. The van der Waals surface area contributed by atoms with Crippen molar-refractivity contribution in [3.8, 4) is 0 Å². The third-order valence-electron chi connectivity index (χ3n) is 5.27. The molecule has 30 heavy (non-hydrogen) atoms. The molecule has 7 nitrogen and oxygen atoms in total. The highest BCUT2D eigenvalue weighted by Crippen LogP contribution is 2.16. The van der Waals surface area contributed by atoms with Crippen LogP contribution < -0.4 is 17.2 Å². The fourth-order valence-corrected chi connectivity index (χ4v) is 3.84. The summed E-state index contributed by atoms with van der Waals surface area (Å²) in [5.74, 6) is 0.0224. The molecule has 0 amide bonds. The van der Waals surface area contributed by atoms with Gasteiger partial charge in [0.1, 0.15) is 11.7 Å². The van der Waals surface area contributed by atoms with Gasteiger partial charge < -0.3 is 11.5 Å². The van der Waals surface area contributed by atoms with Crippen LogP contribution in [0.2, 0.25) is 0 Å². The molecule has 3 aromatic rings. The zero-order valence-electron chi connectivity index (χ0n) is 17.4. The van der Waals surface area contributed by atoms with Gasteiger partial charge in [0.25, 0.3) is 0 Å². The maximum absolute atomic E-state index is 13.4. The van der Waals surface area contributed by atoms with Crippen LogP contribution in [0.25, 0.3) is 0 Å². The molecule has 6 N–H and O–H groups in total. The van der Waals surface area contributed by atoms with Gasteiger partial charge in [-0.05, 0) is 36.1 Å². The van der Waals surface area contributed by atoms with Gasteiger partial charge in [-0.2, -0.15) is 0 Å². The molecule has 2 aromatic carbocycles. The lowest BCUT2D eigenvalue weighted by atomic mass is 10.1. The summed E-state index contributed by atoms with van der Waals surface area (Å²) in [6.45, 7) is 4.96. The van der Waals surface area contributed by atoms with Gasteiger partial charge in [0, 0.05) is 22.5 Å². The Hall–Kier alpha value is -3.61. The Bertz CT molecular complexity index is 1070. The molecule has 0 fully saturated rings. The first kappa shape index (κ1) is 21.1. The Morgan fingerprint density at radius 2 is 1.20 bits per heavy atom. The van der Waals surface area contributed by atoms with Crippen molar-refractivity contribution in [3.05, 3.63) is 92.7 Å². The summed E-state index contributed by atoms with van der Waals surface area (Å²) in [6, 6.07) is 14.9. The van der Waals surface area contributed by atoms with E-state index in [4.69, 9.17) is 22.3 Å². The normalized spacial score (nSPS) is 10.9. The van der Waals surface area contributed by atoms with Crippen molar-refractivity contribution in [3.63, 3.8) is 0 Å². The highest BCUT2D eigenvalue weighted by Gasteiger charge is 2.18. The number of nitrogens with two attached hydrogens (primary N) is 2. The van der Waals surface area contributed by atoms with Gasteiger partial charge in [-0.25, -0.2) is 4.79 Å². The van der Waals surface area contributed by atoms with E-state index in [2.05, 4.69) is 13.8 Å². The van der Waals surface area contributed by atoms with Gasteiger partial charge in [-0.3, -0.25) is 20.0 Å². The van der Waals surface area contributed by atoms with Crippen LogP contribution in [0.4, 0.5) is 0 Å². The minimum Gasteiger partial charge on any atom is -0.384 e. The standard InChI is InChI=1S/C23H28N6O/c1-3-19-20(4-2)29(14-16-8-6-10-18(12-16)22(26)27)23(30)28(19)13-15-7-5-9-17(11-15)21(24)25/h5-12H,3-4,13-14H2,1-2H3,(H3,24,25)(H3,26,27). The molecule has 0 radical (unpaired) electrons. The Morgan fingerprint density at radius 1 is 0.800 bits per heavy atom. The molecule has 0 bridgehead atoms. The number of hydrogen-bond donors (Lipinski definition) is 4. The molecule has 0 unspecified atom stereocenters. The molecule has 1 heterocycles. The molecule has 0 saturated carbocycles. The average Bonchev–Trinajstić information content (AvgIpc) is 2.98. The van der Waals surface area contributed by atoms with Crippen molar-refractivity contribution in [2.45, 2.75) is 39.8 Å². The number of nitrogen functional groups attached to an aromatic ring is 2. The molecular weight excluding hydrogens is 376 g/mol. The van der Waals surface area contributed by atoms with Crippen LogP contribution in [0.5, 0.6) is 0 Å². The van der Waals surface area contributed by atoms with Crippen molar-refractivity contribution >= 4 is 11.7 Å². The number of rotatable bonds is 8. The van der Waals surface area contributed by atoms with Crippen molar-refractivity contribution in [2.75, 3.05) is 0 Å². The second kappa shape index (κ2) is 8.82. The summed E-state index contributed by atoms with van der Waals surface area (Å²) >= 11 is 0. The van der Waals surface area contributed by atoms with E-state index in [0.717, 1.165) is 35.4 Å². The predicted octanol–water partition coefficient (Wildman–Crippen LogP) is 2.44. The zero-order valence-corrected chi connectivity index (χ0v) is 17.4. The highest BCUT2D eigenvalue weighted by atomic mass is 16.1. The first-order valence-electron chi connectivity index (χ1n) is 10.0. The van der Waals surface area contributed by atoms with Gasteiger partial charge in [0.15, 0.2) is 0 Å². The minimum absolute atomic E-state index is 0.0112. The number of amidine groups is 2. The van der Waals surface area contributed by atoms with E-state index in [1.54, 1.807) is 12.1 Å². The van der Waals surface area contributed by atoms with E-state index in [1.165, 1.54) is 0 Å². The number of benzene rings is 2. The summed E-state index contributed by atoms with van der Waals surface area (Å²) in [5, 5.41) is 15.3. The lowest BCUT2D eigenvalue weighted by Crippen LogP contribution is -2.26.